The maximum atomic E-state index is 12.8. The molecule has 0 fully saturated rings. The molecule has 1 aromatic carbocycles. The van der Waals surface area contributed by atoms with Crippen LogP contribution in [0.1, 0.15) is 47.8 Å². The van der Waals surface area contributed by atoms with Gasteiger partial charge in [0.1, 0.15) is 0 Å². The van der Waals surface area contributed by atoms with Crippen LogP contribution < -0.4 is 5.32 Å². The smallest absolute Gasteiger partial charge is 0.251 e. The molecule has 0 radical (unpaired) electrons. The lowest BCUT2D eigenvalue weighted by atomic mass is 9.94. The summed E-state index contributed by atoms with van der Waals surface area (Å²) < 4.78 is 1.72. The highest BCUT2D eigenvalue weighted by molar-refractivity contribution is 6.31. The standard InChI is InChI=1S/C23H28ClN5O/c1-14-11-15(2)26-22(25-14)29-17(4)19(16(3)28-29)12-21(30)27-23(5,6)13-18-9-7-8-10-20(18)24/h7-11H,12-13H2,1-6H3,(H,27,30). The van der Waals surface area contributed by atoms with Gasteiger partial charge in [0.15, 0.2) is 0 Å². The molecule has 3 rings (SSSR count). The Kier molecular flexibility index (Phi) is 6.27. The van der Waals surface area contributed by atoms with Crippen LogP contribution in [0.5, 0.6) is 0 Å². The highest BCUT2D eigenvalue weighted by Gasteiger charge is 2.24. The Morgan fingerprint density at radius 3 is 2.37 bits per heavy atom. The van der Waals surface area contributed by atoms with Gasteiger partial charge in [-0.25, -0.2) is 14.6 Å². The second-order valence-electron chi connectivity index (χ2n) is 8.39. The van der Waals surface area contributed by atoms with E-state index in [0.717, 1.165) is 33.9 Å². The first-order valence-corrected chi connectivity index (χ1v) is 10.4. The Hall–Kier alpha value is -2.73. The summed E-state index contributed by atoms with van der Waals surface area (Å²) in [6.45, 7) is 11.7. The van der Waals surface area contributed by atoms with E-state index in [1.165, 1.54) is 0 Å². The molecule has 30 heavy (non-hydrogen) atoms. The van der Waals surface area contributed by atoms with E-state index in [-0.39, 0.29) is 12.3 Å². The van der Waals surface area contributed by atoms with Gasteiger partial charge in [0.2, 0.25) is 5.91 Å². The summed E-state index contributed by atoms with van der Waals surface area (Å²) in [5.41, 5.74) is 4.90. The van der Waals surface area contributed by atoms with Crippen LogP contribution in [0.4, 0.5) is 0 Å². The zero-order valence-electron chi connectivity index (χ0n) is 18.4. The molecule has 6 nitrogen and oxygen atoms in total. The fourth-order valence-electron chi connectivity index (χ4n) is 3.67. The van der Waals surface area contributed by atoms with Crippen LogP contribution in [0, 0.1) is 27.7 Å². The third-order valence-electron chi connectivity index (χ3n) is 5.01. The first kappa shape index (κ1) is 22.0. The van der Waals surface area contributed by atoms with E-state index in [0.29, 0.717) is 17.4 Å². The number of aryl methyl sites for hydroxylation is 3. The summed E-state index contributed by atoms with van der Waals surface area (Å²) in [6.07, 6.45) is 0.889. The monoisotopic (exact) mass is 425 g/mol. The number of aromatic nitrogens is 4. The molecule has 7 heteroatoms. The molecule has 0 atom stereocenters. The third-order valence-corrected chi connectivity index (χ3v) is 5.38. The second-order valence-corrected chi connectivity index (χ2v) is 8.80. The van der Waals surface area contributed by atoms with E-state index in [9.17, 15) is 4.79 Å². The van der Waals surface area contributed by atoms with Crippen LogP contribution >= 0.6 is 11.6 Å². The van der Waals surface area contributed by atoms with Crippen LogP contribution in [-0.4, -0.2) is 31.2 Å². The van der Waals surface area contributed by atoms with Crippen molar-refractivity contribution in [3.8, 4) is 5.95 Å². The van der Waals surface area contributed by atoms with E-state index in [1.807, 2.05) is 71.9 Å². The van der Waals surface area contributed by atoms with E-state index >= 15 is 0 Å². The molecule has 0 aliphatic carbocycles. The minimum atomic E-state index is -0.434. The molecule has 0 bridgehead atoms. The van der Waals surface area contributed by atoms with E-state index < -0.39 is 5.54 Å². The SMILES string of the molecule is Cc1cc(C)nc(-n2nc(C)c(CC(=O)NC(C)(C)Cc3ccccc3Cl)c2C)n1. The summed E-state index contributed by atoms with van der Waals surface area (Å²) in [5.74, 6) is 0.470. The molecule has 0 spiro atoms. The molecule has 3 aromatic rings. The van der Waals surface area contributed by atoms with Gasteiger partial charge >= 0.3 is 0 Å². The van der Waals surface area contributed by atoms with Gasteiger partial charge < -0.3 is 5.32 Å². The fourth-order valence-corrected chi connectivity index (χ4v) is 3.87. The Morgan fingerprint density at radius 2 is 1.73 bits per heavy atom. The van der Waals surface area contributed by atoms with Crippen molar-refractivity contribution in [1.29, 1.82) is 0 Å². The predicted molar refractivity (Wildman–Crippen MR) is 119 cm³/mol. The highest BCUT2D eigenvalue weighted by Crippen LogP contribution is 2.22. The molecule has 0 aliphatic heterocycles. The normalized spacial score (nSPS) is 11.6. The molecule has 1 amide bonds. The van der Waals surface area contributed by atoms with Crippen molar-refractivity contribution in [2.75, 3.05) is 0 Å². The Balaban J connectivity index is 1.77. The summed E-state index contributed by atoms with van der Waals surface area (Å²) in [5, 5.41) is 8.43. The summed E-state index contributed by atoms with van der Waals surface area (Å²) in [4.78, 5) is 21.8. The first-order valence-electron chi connectivity index (χ1n) is 9.98. The molecular formula is C23H28ClN5O. The summed E-state index contributed by atoms with van der Waals surface area (Å²) >= 11 is 6.29. The Bertz CT molecular complexity index is 1070. The quantitative estimate of drug-likeness (QED) is 0.641. The second kappa shape index (κ2) is 8.56. The van der Waals surface area contributed by atoms with E-state index in [2.05, 4.69) is 20.4 Å². The number of rotatable bonds is 6. The molecule has 0 unspecified atom stereocenters. The molecule has 158 valence electrons. The number of hydrogen-bond acceptors (Lipinski definition) is 4. The topological polar surface area (TPSA) is 72.7 Å². The lowest BCUT2D eigenvalue weighted by Gasteiger charge is -2.27. The van der Waals surface area contributed by atoms with Crippen molar-refractivity contribution < 1.29 is 4.79 Å². The molecule has 2 aromatic heterocycles. The van der Waals surface area contributed by atoms with Crippen LogP contribution in [-0.2, 0) is 17.6 Å². The zero-order valence-corrected chi connectivity index (χ0v) is 19.1. The Labute approximate surface area is 182 Å². The maximum absolute atomic E-state index is 12.8. The highest BCUT2D eigenvalue weighted by atomic mass is 35.5. The van der Waals surface area contributed by atoms with E-state index in [1.54, 1.807) is 4.68 Å². The van der Waals surface area contributed by atoms with Gasteiger partial charge in [-0.1, -0.05) is 29.8 Å². The molecule has 0 saturated heterocycles. The van der Waals surface area contributed by atoms with Gasteiger partial charge in [-0.2, -0.15) is 5.10 Å². The zero-order chi connectivity index (χ0) is 22.1. The number of carbonyl (C=O) groups is 1. The number of carbonyl (C=O) groups excluding carboxylic acids is 1. The van der Waals surface area contributed by atoms with Gasteiger partial charge in [-0.15, -0.1) is 0 Å². The average Bonchev–Trinajstić information content (AvgIpc) is 2.90. The fraction of sp³-hybridized carbons (Fsp3) is 0.391. The summed E-state index contributed by atoms with van der Waals surface area (Å²) in [7, 11) is 0. The summed E-state index contributed by atoms with van der Waals surface area (Å²) in [6, 6.07) is 9.63. The average molecular weight is 426 g/mol. The van der Waals surface area contributed by atoms with Crippen molar-refractivity contribution in [2.24, 2.45) is 0 Å². The van der Waals surface area contributed by atoms with Crippen molar-refractivity contribution in [3.05, 3.63) is 69.3 Å². The van der Waals surface area contributed by atoms with Gasteiger partial charge in [0.25, 0.3) is 5.95 Å². The van der Waals surface area contributed by atoms with Crippen molar-refractivity contribution in [2.45, 2.75) is 59.9 Å². The Morgan fingerprint density at radius 1 is 1.10 bits per heavy atom. The van der Waals surface area contributed by atoms with Gasteiger partial charge in [0, 0.05) is 33.2 Å². The number of nitrogens with one attached hydrogen (secondary N) is 1. The predicted octanol–water partition coefficient (Wildman–Crippen LogP) is 4.23. The number of hydrogen-bond donors (Lipinski definition) is 1. The minimum absolute atomic E-state index is 0.0563. The molecule has 1 N–H and O–H groups in total. The molecule has 0 saturated carbocycles. The minimum Gasteiger partial charge on any atom is -0.351 e. The van der Waals surface area contributed by atoms with Crippen LogP contribution in [0.15, 0.2) is 30.3 Å². The molecule has 2 heterocycles. The van der Waals surface area contributed by atoms with Gasteiger partial charge in [-0.3, -0.25) is 4.79 Å². The van der Waals surface area contributed by atoms with Crippen LogP contribution in [0.25, 0.3) is 5.95 Å². The largest absolute Gasteiger partial charge is 0.351 e. The number of halogens is 1. The maximum Gasteiger partial charge on any atom is 0.251 e. The van der Waals surface area contributed by atoms with Crippen LogP contribution in [0.2, 0.25) is 5.02 Å². The number of amides is 1. The van der Waals surface area contributed by atoms with Gasteiger partial charge in [-0.05, 0) is 65.7 Å². The van der Waals surface area contributed by atoms with Crippen molar-refractivity contribution >= 4 is 17.5 Å². The van der Waals surface area contributed by atoms with Gasteiger partial charge in [0.05, 0.1) is 12.1 Å². The lowest BCUT2D eigenvalue weighted by Crippen LogP contribution is -2.45. The lowest BCUT2D eigenvalue weighted by molar-refractivity contribution is -0.122. The van der Waals surface area contributed by atoms with Crippen molar-refractivity contribution in [1.82, 2.24) is 25.1 Å². The third kappa shape index (κ3) is 5.05. The first-order chi connectivity index (χ1) is 14.1. The number of benzene rings is 1. The van der Waals surface area contributed by atoms with Crippen molar-refractivity contribution in [3.63, 3.8) is 0 Å². The number of nitrogens with zero attached hydrogens (tertiary/aromatic N) is 4. The molecular weight excluding hydrogens is 398 g/mol. The van der Waals surface area contributed by atoms with E-state index in [4.69, 9.17) is 11.6 Å². The molecule has 0 aliphatic rings. The van der Waals surface area contributed by atoms with Crippen LogP contribution in [0.3, 0.4) is 0 Å².